The maximum atomic E-state index is 12.6. The third kappa shape index (κ3) is 2.64. The summed E-state index contributed by atoms with van der Waals surface area (Å²) in [6.45, 7) is 1.89. The molecule has 1 N–H and O–H groups in total. The molecule has 0 aliphatic carbocycles. The number of imide groups is 1. The fourth-order valence-electron chi connectivity index (χ4n) is 2.58. The van der Waals surface area contributed by atoms with E-state index >= 15 is 0 Å². The van der Waals surface area contributed by atoms with Crippen LogP contribution in [-0.2, 0) is 9.59 Å². The Labute approximate surface area is 137 Å². The highest BCUT2D eigenvalue weighted by atomic mass is 79.9. The molecule has 1 aliphatic rings. The van der Waals surface area contributed by atoms with E-state index in [4.69, 9.17) is 0 Å². The number of carbonyl (C=O) groups excluding carboxylic acids is 2. The number of aryl methyl sites for hydroxylation is 1. The largest absolute Gasteiger partial charge is 0.372 e. The van der Waals surface area contributed by atoms with Crippen LogP contribution in [0.3, 0.4) is 0 Å². The highest BCUT2D eigenvalue weighted by Crippen LogP contribution is 2.29. The zero-order valence-electron chi connectivity index (χ0n) is 12.0. The first-order chi connectivity index (χ1) is 10.6. The average Bonchev–Trinajstić information content (AvgIpc) is 2.77. The Morgan fingerprint density at radius 3 is 2.50 bits per heavy atom. The van der Waals surface area contributed by atoms with Gasteiger partial charge in [-0.15, -0.1) is 0 Å². The standard InChI is InChI=1S/C17H15BrN2O2/c1-11-6-2-5-9-15(11)20-16(21)10-14(17(20)22)19-13-8-4-3-7-12(13)18/h2-9,14,19H,10H2,1H3. The lowest BCUT2D eigenvalue weighted by molar-refractivity contribution is -0.121. The van der Waals surface area contributed by atoms with Crippen LogP contribution in [0.2, 0.25) is 0 Å². The summed E-state index contributed by atoms with van der Waals surface area (Å²) in [7, 11) is 0. The minimum absolute atomic E-state index is 0.161. The third-order valence-electron chi connectivity index (χ3n) is 3.71. The van der Waals surface area contributed by atoms with Gasteiger partial charge in [-0.2, -0.15) is 0 Å². The summed E-state index contributed by atoms with van der Waals surface area (Å²) in [5.74, 6) is -0.390. The molecule has 5 heteroatoms. The number of hydrogen-bond donors (Lipinski definition) is 1. The van der Waals surface area contributed by atoms with E-state index in [2.05, 4.69) is 21.2 Å². The van der Waals surface area contributed by atoms with Crippen LogP contribution < -0.4 is 10.2 Å². The first-order valence-corrected chi connectivity index (χ1v) is 7.80. The summed E-state index contributed by atoms with van der Waals surface area (Å²) in [4.78, 5) is 26.2. The summed E-state index contributed by atoms with van der Waals surface area (Å²) >= 11 is 3.44. The molecule has 0 aromatic heterocycles. The van der Waals surface area contributed by atoms with Gasteiger partial charge in [-0.1, -0.05) is 30.3 Å². The van der Waals surface area contributed by atoms with E-state index in [9.17, 15) is 9.59 Å². The Morgan fingerprint density at radius 2 is 1.77 bits per heavy atom. The van der Waals surface area contributed by atoms with Crippen LogP contribution in [0.15, 0.2) is 53.0 Å². The SMILES string of the molecule is Cc1ccccc1N1C(=O)CC(Nc2ccccc2Br)C1=O. The monoisotopic (exact) mass is 358 g/mol. The molecule has 2 aromatic carbocycles. The Kier molecular flexibility index (Phi) is 3.98. The molecule has 0 bridgehead atoms. The number of carbonyl (C=O) groups is 2. The van der Waals surface area contributed by atoms with E-state index < -0.39 is 6.04 Å². The van der Waals surface area contributed by atoms with Crippen molar-refractivity contribution in [3.05, 3.63) is 58.6 Å². The summed E-state index contributed by atoms with van der Waals surface area (Å²) in [5, 5.41) is 3.15. The highest BCUT2D eigenvalue weighted by molar-refractivity contribution is 9.10. The number of rotatable bonds is 3. The lowest BCUT2D eigenvalue weighted by Crippen LogP contribution is -2.35. The van der Waals surface area contributed by atoms with Crippen LogP contribution in [-0.4, -0.2) is 17.9 Å². The summed E-state index contributed by atoms with van der Waals surface area (Å²) < 4.78 is 0.865. The van der Waals surface area contributed by atoms with Gasteiger partial charge in [0.15, 0.2) is 0 Å². The quantitative estimate of drug-likeness (QED) is 0.854. The van der Waals surface area contributed by atoms with Gasteiger partial charge in [-0.25, -0.2) is 4.90 Å². The molecule has 4 nitrogen and oxygen atoms in total. The van der Waals surface area contributed by atoms with Crippen molar-refractivity contribution in [1.29, 1.82) is 0 Å². The van der Waals surface area contributed by atoms with Crippen molar-refractivity contribution in [2.75, 3.05) is 10.2 Å². The molecule has 0 saturated carbocycles. The smallest absolute Gasteiger partial charge is 0.256 e. The summed E-state index contributed by atoms with van der Waals surface area (Å²) in [6, 6.07) is 14.4. The number of nitrogens with one attached hydrogen (secondary N) is 1. The normalized spacial score (nSPS) is 17.9. The molecule has 22 heavy (non-hydrogen) atoms. The molecule has 3 rings (SSSR count). The van der Waals surface area contributed by atoms with Crippen molar-refractivity contribution >= 4 is 39.1 Å². The van der Waals surface area contributed by atoms with Crippen LogP contribution in [0.25, 0.3) is 0 Å². The maximum Gasteiger partial charge on any atom is 0.256 e. The molecule has 1 fully saturated rings. The number of para-hydroxylation sites is 2. The Bertz CT molecular complexity index is 745. The molecule has 1 heterocycles. The highest BCUT2D eigenvalue weighted by Gasteiger charge is 2.40. The Hall–Kier alpha value is -2.14. The Balaban J connectivity index is 1.86. The first-order valence-electron chi connectivity index (χ1n) is 7.01. The van der Waals surface area contributed by atoms with Crippen LogP contribution in [0.1, 0.15) is 12.0 Å². The molecule has 1 unspecified atom stereocenters. The molecule has 1 saturated heterocycles. The summed E-state index contributed by atoms with van der Waals surface area (Å²) in [5.41, 5.74) is 2.37. The fourth-order valence-corrected chi connectivity index (χ4v) is 2.98. The van der Waals surface area contributed by atoms with E-state index in [1.165, 1.54) is 4.90 Å². The second kappa shape index (κ2) is 5.93. The van der Waals surface area contributed by atoms with Crippen LogP contribution >= 0.6 is 15.9 Å². The first kappa shape index (κ1) is 14.8. The Morgan fingerprint density at radius 1 is 1.09 bits per heavy atom. The van der Waals surface area contributed by atoms with Gasteiger partial charge in [0.2, 0.25) is 5.91 Å². The lowest BCUT2D eigenvalue weighted by atomic mass is 10.2. The topological polar surface area (TPSA) is 49.4 Å². The average molecular weight is 359 g/mol. The zero-order valence-corrected chi connectivity index (χ0v) is 13.6. The molecule has 112 valence electrons. The van der Waals surface area contributed by atoms with Gasteiger partial charge in [-0.05, 0) is 46.6 Å². The van der Waals surface area contributed by atoms with E-state index in [-0.39, 0.29) is 18.2 Å². The van der Waals surface area contributed by atoms with Crippen molar-refractivity contribution < 1.29 is 9.59 Å². The minimum atomic E-state index is -0.536. The molecular formula is C17H15BrN2O2. The van der Waals surface area contributed by atoms with Gasteiger partial charge in [0.1, 0.15) is 6.04 Å². The zero-order chi connectivity index (χ0) is 15.7. The predicted molar refractivity (Wildman–Crippen MR) is 89.8 cm³/mol. The van der Waals surface area contributed by atoms with E-state index in [0.717, 1.165) is 15.7 Å². The molecular weight excluding hydrogens is 344 g/mol. The minimum Gasteiger partial charge on any atom is -0.372 e. The van der Waals surface area contributed by atoms with Gasteiger partial charge in [0.05, 0.1) is 12.1 Å². The summed E-state index contributed by atoms with van der Waals surface area (Å²) in [6.07, 6.45) is 0.161. The van der Waals surface area contributed by atoms with Crippen LogP contribution in [0.4, 0.5) is 11.4 Å². The van der Waals surface area contributed by atoms with Gasteiger partial charge in [-0.3, -0.25) is 9.59 Å². The third-order valence-corrected chi connectivity index (χ3v) is 4.40. The molecule has 1 aliphatic heterocycles. The number of amides is 2. The second-order valence-electron chi connectivity index (χ2n) is 5.23. The molecule has 2 aromatic rings. The second-order valence-corrected chi connectivity index (χ2v) is 6.09. The van der Waals surface area contributed by atoms with Crippen molar-refractivity contribution in [1.82, 2.24) is 0 Å². The van der Waals surface area contributed by atoms with E-state index in [0.29, 0.717) is 5.69 Å². The van der Waals surface area contributed by atoms with Gasteiger partial charge in [0, 0.05) is 10.2 Å². The van der Waals surface area contributed by atoms with E-state index in [1.807, 2.05) is 49.4 Å². The molecule has 2 amide bonds. The van der Waals surface area contributed by atoms with Crippen LogP contribution in [0, 0.1) is 6.92 Å². The van der Waals surface area contributed by atoms with Crippen molar-refractivity contribution in [3.63, 3.8) is 0 Å². The molecule has 0 spiro atoms. The molecule has 1 atom stereocenters. The number of nitrogens with zero attached hydrogens (tertiary/aromatic N) is 1. The predicted octanol–water partition coefficient (Wildman–Crippen LogP) is 3.50. The van der Waals surface area contributed by atoms with Gasteiger partial charge in [0.25, 0.3) is 5.91 Å². The van der Waals surface area contributed by atoms with E-state index in [1.54, 1.807) is 6.07 Å². The maximum absolute atomic E-state index is 12.6. The fraction of sp³-hybridized carbons (Fsp3) is 0.176. The van der Waals surface area contributed by atoms with Crippen molar-refractivity contribution in [3.8, 4) is 0 Å². The van der Waals surface area contributed by atoms with Crippen LogP contribution in [0.5, 0.6) is 0 Å². The van der Waals surface area contributed by atoms with Crippen molar-refractivity contribution in [2.24, 2.45) is 0 Å². The number of hydrogen-bond acceptors (Lipinski definition) is 3. The van der Waals surface area contributed by atoms with Crippen molar-refractivity contribution in [2.45, 2.75) is 19.4 Å². The number of halogens is 1. The van der Waals surface area contributed by atoms with Gasteiger partial charge < -0.3 is 5.32 Å². The number of benzene rings is 2. The number of anilines is 2. The lowest BCUT2D eigenvalue weighted by Gasteiger charge is -2.18. The van der Waals surface area contributed by atoms with Gasteiger partial charge >= 0.3 is 0 Å². The molecule has 0 radical (unpaired) electrons.